The third kappa shape index (κ3) is 2.98. The van der Waals surface area contributed by atoms with Crippen molar-refractivity contribution >= 4 is 11.5 Å². The molecule has 2 rings (SSSR count). The van der Waals surface area contributed by atoms with E-state index in [1.54, 1.807) is 37.3 Å². The van der Waals surface area contributed by atoms with Gasteiger partial charge in [0.1, 0.15) is 12.4 Å². The first-order valence-corrected chi connectivity index (χ1v) is 5.66. The molecule has 1 aromatic carbocycles. The van der Waals surface area contributed by atoms with E-state index in [1.807, 2.05) is 0 Å². The first kappa shape index (κ1) is 12.8. The molecule has 0 saturated heterocycles. The first-order chi connectivity index (χ1) is 9.08. The summed E-state index contributed by atoms with van der Waals surface area (Å²) in [6.07, 6.45) is 0. The molecular weight excluding hydrogens is 246 g/mol. The summed E-state index contributed by atoms with van der Waals surface area (Å²) < 4.78 is 5.51. The van der Waals surface area contributed by atoms with Crippen molar-refractivity contribution in [3.63, 3.8) is 0 Å². The van der Waals surface area contributed by atoms with Crippen LogP contribution in [0.4, 0.5) is 11.5 Å². The summed E-state index contributed by atoms with van der Waals surface area (Å²) in [6.45, 7) is 1.89. The number of hydrogen-bond donors (Lipinski definition) is 1. The minimum atomic E-state index is -0.463. The van der Waals surface area contributed by atoms with Crippen molar-refractivity contribution in [2.75, 3.05) is 5.73 Å². The molecule has 2 aromatic rings. The lowest BCUT2D eigenvalue weighted by molar-refractivity contribution is -0.386. The molecule has 0 saturated carbocycles. The summed E-state index contributed by atoms with van der Waals surface area (Å²) >= 11 is 0. The maximum absolute atomic E-state index is 10.9. The number of nitro benzene ring substituents is 1. The van der Waals surface area contributed by atoms with E-state index in [0.717, 1.165) is 0 Å². The van der Waals surface area contributed by atoms with Gasteiger partial charge in [0.05, 0.1) is 10.6 Å². The summed E-state index contributed by atoms with van der Waals surface area (Å²) in [7, 11) is 0. The number of ether oxygens (including phenoxy) is 1. The Balaban J connectivity index is 2.22. The van der Waals surface area contributed by atoms with Gasteiger partial charge < -0.3 is 10.5 Å². The van der Waals surface area contributed by atoms with E-state index in [4.69, 9.17) is 10.5 Å². The molecule has 0 aliphatic heterocycles. The molecule has 6 heteroatoms. The monoisotopic (exact) mass is 259 g/mol. The lowest BCUT2D eigenvalue weighted by atomic mass is 10.2. The SMILES string of the molecule is Cc1cccc([N+](=O)[O-])c1OCc1cccc(N)n1. The Morgan fingerprint density at radius 3 is 2.74 bits per heavy atom. The van der Waals surface area contributed by atoms with Crippen LogP contribution in [0.25, 0.3) is 0 Å². The fraction of sp³-hybridized carbons (Fsp3) is 0.154. The van der Waals surface area contributed by atoms with E-state index >= 15 is 0 Å². The number of pyridine rings is 1. The number of aryl methyl sites for hydroxylation is 1. The maximum atomic E-state index is 10.9. The summed E-state index contributed by atoms with van der Waals surface area (Å²) in [5, 5.41) is 10.9. The highest BCUT2D eigenvalue weighted by Gasteiger charge is 2.17. The van der Waals surface area contributed by atoms with E-state index < -0.39 is 4.92 Å². The summed E-state index contributed by atoms with van der Waals surface area (Å²) in [6, 6.07) is 9.97. The molecule has 0 bridgehead atoms. The summed E-state index contributed by atoms with van der Waals surface area (Å²) in [4.78, 5) is 14.5. The van der Waals surface area contributed by atoms with Gasteiger partial charge in [0.2, 0.25) is 0 Å². The van der Waals surface area contributed by atoms with Crippen molar-refractivity contribution in [3.05, 3.63) is 57.8 Å². The molecule has 1 heterocycles. The number of para-hydroxylation sites is 1. The van der Waals surface area contributed by atoms with E-state index in [-0.39, 0.29) is 18.0 Å². The Morgan fingerprint density at radius 1 is 1.32 bits per heavy atom. The molecule has 1 aromatic heterocycles. The fourth-order valence-electron chi connectivity index (χ4n) is 1.69. The topological polar surface area (TPSA) is 91.3 Å². The zero-order chi connectivity index (χ0) is 13.8. The van der Waals surface area contributed by atoms with Gasteiger partial charge in [0.25, 0.3) is 0 Å². The van der Waals surface area contributed by atoms with Crippen LogP contribution in [0.1, 0.15) is 11.3 Å². The van der Waals surface area contributed by atoms with Crippen LogP contribution in [-0.4, -0.2) is 9.91 Å². The number of anilines is 1. The zero-order valence-corrected chi connectivity index (χ0v) is 10.4. The average Bonchev–Trinajstić information content (AvgIpc) is 2.37. The smallest absolute Gasteiger partial charge is 0.311 e. The highest BCUT2D eigenvalue weighted by Crippen LogP contribution is 2.30. The summed E-state index contributed by atoms with van der Waals surface area (Å²) in [5.74, 6) is 0.650. The van der Waals surface area contributed by atoms with Crippen LogP contribution in [0.15, 0.2) is 36.4 Å². The Morgan fingerprint density at radius 2 is 2.05 bits per heavy atom. The van der Waals surface area contributed by atoms with E-state index in [1.165, 1.54) is 6.07 Å². The van der Waals surface area contributed by atoms with Gasteiger partial charge in [-0.3, -0.25) is 10.1 Å². The highest BCUT2D eigenvalue weighted by atomic mass is 16.6. The number of aromatic nitrogens is 1. The largest absolute Gasteiger partial charge is 0.480 e. The van der Waals surface area contributed by atoms with Gasteiger partial charge in [-0.1, -0.05) is 18.2 Å². The number of nitro groups is 1. The van der Waals surface area contributed by atoms with Crippen LogP contribution in [0.3, 0.4) is 0 Å². The number of nitrogen functional groups attached to an aromatic ring is 1. The van der Waals surface area contributed by atoms with Crippen molar-refractivity contribution in [2.24, 2.45) is 0 Å². The van der Waals surface area contributed by atoms with Crippen LogP contribution in [0.5, 0.6) is 5.75 Å². The number of rotatable bonds is 4. The van der Waals surface area contributed by atoms with Gasteiger partial charge in [-0.25, -0.2) is 4.98 Å². The van der Waals surface area contributed by atoms with Gasteiger partial charge in [-0.15, -0.1) is 0 Å². The summed E-state index contributed by atoms with van der Waals surface area (Å²) in [5.41, 5.74) is 6.84. The average molecular weight is 259 g/mol. The second-order valence-electron chi connectivity index (χ2n) is 4.02. The molecule has 2 N–H and O–H groups in total. The Kier molecular flexibility index (Phi) is 3.61. The molecule has 98 valence electrons. The zero-order valence-electron chi connectivity index (χ0n) is 10.4. The number of nitrogens with zero attached hydrogens (tertiary/aromatic N) is 2. The Bertz CT molecular complexity index is 614. The molecule has 0 aliphatic carbocycles. The molecule has 0 amide bonds. The second-order valence-corrected chi connectivity index (χ2v) is 4.02. The van der Waals surface area contributed by atoms with E-state index in [0.29, 0.717) is 17.1 Å². The molecule has 0 atom stereocenters. The van der Waals surface area contributed by atoms with Gasteiger partial charge in [0, 0.05) is 6.07 Å². The predicted molar refractivity (Wildman–Crippen MR) is 70.8 cm³/mol. The molecular formula is C13H13N3O3. The van der Waals surface area contributed by atoms with E-state index in [2.05, 4.69) is 4.98 Å². The molecule has 0 unspecified atom stereocenters. The van der Waals surface area contributed by atoms with Crippen molar-refractivity contribution in [3.8, 4) is 5.75 Å². The van der Waals surface area contributed by atoms with Crippen LogP contribution in [0, 0.1) is 17.0 Å². The Hall–Kier alpha value is -2.63. The molecule has 0 spiro atoms. The van der Waals surface area contributed by atoms with Crippen LogP contribution in [0.2, 0.25) is 0 Å². The maximum Gasteiger partial charge on any atom is 0.311 e. The lowest BCUT2D eigenvalue weighted by Crippen LogP contribution is -2.03. The first-order valence-electron chi connectivity index (χ1n) is 5.66. The molecule has 0 radical (unpaired) electrons. The fourth-order valence-corrected chi connectivity index (χ4v) is 1.69. The second kappa shape index (κ2) is 5.34. The lowest BCUT2D eigenvalue weighted by Gasteiger charge is -2.09. The molecule has 6 nitrogen and oxygen atoms in total. The van der Waals surface area contributed by atoms with Gasteiger partial charge in [-0.05, 0) is 24.6 Å². The number of hydrogen-bond acceptors (Lipinski definition) is 5. The number of nitrogens with two attached hydrogens (primary N) is 1. The van der Waals surface area contributed by atoms with E-state index in [9.17, 15) is 10.1 Å². The predicted octanol–water partition coefficient (Wildman–Crippen LogP) is 2.46. The van der Waals surface area contributed by atoms with Gasteiger partial charge in [-0.2, -0.15) is 0 Å². The van der Waals surface area contributed by atoms with Gasteiger partial charge >= 0.3 is 5.69 Å². The standard InChI is InChI=1S/C13H13N3O3/c1-9-4-2-6-11(16(17)18)13(9)19-8-10-5-3-7-12(14)15-10/h2-7H,8H2,1H3,(H2,14,15). The van der Waals surface area contributed by atoms with Crippen LogP contribution < -0.4 is 10.5 Å². The highest BCUT2D eigenvalue weighted by molar-refractivity contribution is 5.51. The minimum absolute atomic E-state index is 0.0519. The third-order valence-electron chi connectivity index (χ3n) is 2.58. The molecule has 0 aliphatic rings. The molecule has 0 fully saturated rings. The molecule has 19 heavy (non-hydrogen) atoms. The van der Waals surface area contributed by atoms with Crippen molar-refractivity contribution < 1.29 is 9.66 Å². The normalized spacial score (nSPS) is 10.2. The third-order valence-corrected chi connectivity index (χ3v) is 2.58. The van der Waals surface area contributed by atoms with Crippen molar-refractivity contribution in [1.29, 1.82) is 0 Å². The van der Waals surface area contributed by atoms with Crippen LogP contribution >= 0.6 is 0 Å². The quantitative estimate of drug-likeness (QED) is 0.672. The minimum Gasteiger partial charge on any atom is -0.480 e. The van der Waals surface area contributed by atoms with Crippen molar-refractivity contribution in [1.82, 2.24) is 4.98 Å². The van der Waals surface area contributed by atoms with Gasteiger partial charge in [0.15, 0.2) is 5.75 Å². The van der Waals surface area contributed by atoms with Crippen LogP contribution in [-0.2, 0) is 6.61 Å². The number of benzene rings is 1. The van der Waals surface area contributed by atoms with Crippen molar-refractivity contribution in [2.45, 2.75) is 13.5 Å². The Labute approximate surface area is 110 Å².